The second-order valence-corrected chi connectivity index (χ2v) is 7.77. The number of nitrogens with one attached hydrogen (secondary N) is 1. The van der Waals surface area contributed by atoms with Gasteiger partial charge < -0.3 is 10.2 Å². The van der Waals surface area contributed by atoms with E-state index in [1.54, 1.807) is 11.3 Å². The fraction of sp³-hybridized carbons (Fsp3) is 0.722. The first-order valence-electron chi connectivity index (χ1n) is 9.21. The molecule has 0 radical (unpaired) electrons. The third-order valence-corrected chi connectivity index (χ3v) is 5.77. The SMILES string of the molecule is O=C(CCCC(=O)N1CCCCCC1)NCc1csc(C2CC2)n1. The predicted molar refractivity (Wildman–Crippen MR) is 94.8 cm³/mol. The molecule has 1 saturated heterocycles. The van der Waals surface area contributed by atoms with Crippen molar-refractivity contribution in [2.24, 2.45) is 0 Å². The van der Waals surface area contributed by atoms with Crippen LogP contribution in [0.4, 0.5) is 0 Å². The van der Waals surface area contributed by atoms with Crippen molar-refractivity contribution in [3.8, 4) is 0 Å². The van der Waals surface area contributed by atoms with E-state index in [1.165, 1.54) is 30.7 Å². The molecule has 1 aliphatic heterocycles. The highest BCUT2D eigenvalue weighted by molar-refractivity contribution is 7.09. The van der Waals surface area contributed by atoms with E-state index in [1.807, 2.05) is 10.3 Å². The molecule has 24 heavy (non-hydrogen) atoms. The van der Waals surface area contributed by atoms with Crippen LogP contribution in [0.15, 0.2) is 5.38 Å². The van der Waals surface area contributed by atoms with E-state index < -0.39 is 0 Å². The maximum absolute atomic E-state index is 12.2. The summed E-state index contributed by atoms with van der Waals surface area (Å²) in [7, 11) is 0. The van der Waals surface area contributed by atoms with Crippen molar-refractivity contribution in [1.29, 1.82) is 0 Å². The Morgan fingerprint density at radius 1 is 1.17 bits per heavy atom. The number of carbonyl (C=O) groups excluding carboxylic acids is 2. The number of likely N-dealkylation sites (tertiary alicyclic amines) is 1. The molecular formula is C18H27N3O2S. The second-order valence-electron chi connectivity index (χ2n) is 6.88. The molecule has 1 saturated carbocycles. The summed E-state index contributed by atoms with van der Waals surface area (Å²) in [6.07, 6.45) is 8.72. The summed E-state index contributed by atoms with van der Waals surface area (Å²) in [5.74, 6) is 0.891. The first-order valence-corrected chi connectivity index (χ1v) is 10.1. The van der Waals surface area contributed by atoms with Crippen molar-refractivity contribution in [2.45, 2.75) is 70.3 Å². The summed E-state index contributed by atoms with van der Waals surface area (Å²) in [4.78, 5) is 30.6. The van der Waals surface area contributed by atoms with Gasteiger partial charge in [-0.15, -0.1) is 11.3 Å². The Labute approximate surface area is 147 Å². The lowest BCUT2D eigenvalue weighted by Gasteiger charge is -2.20. The van der Waals surface area contributed by atoms with Gasteiger partial charge in [0, 0.05) is 37.2 Å². The molecular weight excluding hydrogens is 322 g/mol. The van der Waals surface area contributed by atoms with Crippen LogP contribution in [0.5, 0.6) is 0 Å². The Bertz CT molecular complexity index is 560. The molecule has 0 atom stereocenters. The molecule has 1 aliphatic carbocycles. The Balaban J connectivity index is 1.30. The van der Waals surface area contributed by atoms with E-state index in [9.17, 15) is 9.59 Å². The Morgan fingerprint density at radius 3 is 2.62 bits per heavy atom. The van der Waals surface area contributed by atoms with Gasteiger partial charge in [0.05, 0.1) is 17.2 Å². The quantitative estimate of drug-likeness (QED) is 0.822. The Hall–Kier alpha value is -1.43. The standard InChI is InChI=1S/C18H27N3O2S/c22-16(19-12-15-13-24-18(20-15)14-8-9-14)6-5-7-17(23)21-10-3-1-2-4-11-21/h13-14H,1-12H2,(H,19,22). The molecule has 3 rings (SSSR count). The summed E-state index contributed by atoms with van der Waals surface area (Å²) in [6, 6.07) is 0. The van der Waals surface area contributed by atoms with Gasteiger partial charge in [-0.05, 0) is 32.1 Å². The van der Waals surface area contributed by atoms with Crippen molar-refractivity contribution >= 4 is 23.2 Å². The lowest BCUT2D eigenvalue weighted by Crippen LogP contribution is -2.32. The molecule has 5 nitrogen and oxygen atoms in total. The van der Waals surface area contributed by atoms with Crippen LogP contribution in [-0.4, -0.2) is 34.8 Å². The van der Waals surface area contributed by atoms with Crippen LogP contribution in [0.3, 0.4) is 0 Å². The molecule has 0 spiro atoms. The highest BCUT2D eigenvalue weighted by Gasteiger charge is 2.26. The number of carbonyl (C=O) groups is 2. The van der Waals surface area contributed by atoms with Gasteiger partial charge in [-0.3, -0.25) is 9.59 Å². The van der Waals surface area contributed by atoms with Crippen molar-refractivity contribution in [3.05, 3.63) is 16.1 Å². The smallest absolute Gasteiger partial charge is 0.222 e. The molecule has 2 heterocycles. The fourth-order valence-corrected chi connectivity index (χ4v) is 4.07. The van der Waals surface area contributed by atoms with Gasteiger partial charge in [0.2, 0.25) is 11.8 Å². The van der Waals surface area contributed by atoms with E-state index >= 15 is 0 Å². The number of hydrogen-bond acceptors (Lipinski definition) is 4. The molecule has 132 valence electrons. The van der Waals surface area contributed by atoms with E-state index in [4.69, 9.17) is 0 Å². The zero-order chi connectivity index (χ0) is 16.8. The van der Waals surface area contributed by atoms with Crippen LogP contribution in [0, 0.1) is 0 Å². The number of hydrogen-bond donors (Lipinski definition) is 1. The maximum atomic E-state index is 12.2. The third kappa shape index (κ3) is 5.30. The average molecular weight is 350 g/mol. The van der Waals surface area contributed by atoms with E-state index in [2.05, 4.69) is 10.3 Å². The lowest BCUT2D eigenvalue weighted by molar-refractivity contribution is -0.131. The number of amides is 2. The predicted octanol–water partition coefficient (Wildman–Crippen LogP) is 3.21. The van der Waals surface area contributed by atoms with Crippen LogP contribution in [0.25, 0.3) is 0 Å². The van der Waals surface area contributed by atoms with Gasteiger partial charge in [-0.2, -0.15) is 0 Å². The molecule has 0 aromatic carbocycles. The number of aromatic nitrogens is 1. The van der Waals surface area contributed by atoms with Crippen molar-refractivity contribution < 1.29 is 9.59 Å². The third-order valence-electron chi connectivity index (χ3n) is 4.72. The highest BCUT2D eigenvalue weighted by atomic mass is 32.1. The van der Waals surface area contributed by atoms with Crippen LogP contribution in [-0.2, 0) is 16.1 Å². The summed E-state index contributed by atoms with van der Waals surface area (Å²) < 4.78 is 0. The largest absolute Gasteiger partial charge is 0.350 e. The Kier molecular flexibility index (Phi) is 6.24. The normalized spacial score (nSPS) is 18.2. The summed E-state index contributed by atoms with van der Waals surface area (Å²) >= 11 is 1.70. The molecule has 1 aromatic heterocycles. The molecule has 2 amide bonds. The van der Waals surface area contributed by atoms with Crippen LogP contribution >= 0.6 is 11.3 Å². The minimum atomic E-state index is 0.0136. The molecule has 1 N–H and O–H groups in total. The van der Waals surface area contributed by atoms with Gasteiger partial charge in [0.1, 0.15) is 0 Å². The Morgan fingerprint density at radius 2 is 1.92 bits per heavy atom. The average Bonchev–Trinajstić information content (AvgIpc) is 3.37. The topological polar surface area (TPSA) is 62.3 Å². The minimum absolute atomic E-state index is 0.0136. The van der Waals surface area contributed by atoms with E-state index in [-0.39, 0.29) is 11.8 Å². The van der Waals surface area contributed by atoms with Gasteiger partial charge in [-0.25, -0.2) is 4.98 Å². The first kappa shape index (κ1) is 17.4. The zero-order valence-corrected chi connectivity index (χ0v) is 15.1. The zero-order valence-electron chi connectivity index (χ0n) is 14.3. The number of thiazole rings is 1. The first-order chi connectivity index (χ1) is 11.7. The van der Waals surface area contributed by atoms with Crippen LogP contribution in [0.2, 0.25) is 0 Å². The van der Waals surface area contributed by atoms with Crippen molar-refractivity contribution in [1.82, 2.24) is 15.2 Å². The van der Waals surface area contributed by atoms with Crippen LogP contribution in [0.1, 0.15) is 74.4 Å². The number of rotatable bonds is 7. The molecule has 0 unspecified atom stereocenters. The lowest BCUT2D eigenvalue weighted by atomic mass is 10.2. The van der Waals surface area contributed by atoms with Crippen molar-refractivity contribution in [2.75, 3.05) is 13.1 Å². The minimum Gasteiger partial charge on any atom is -0.350 e. The summed E-state index contributed by atoms with van der Waals surface area (Å²) in [5, 5.41) is 6.16. The molecule has 6 heteroatoms. The van der Waals surface area contributed by atoms with Crippen LogP contribution < -0.4 is 5.32 Å². The van der Waals surface area contributed by atoms with E-state index in [0.717, 1.165) is 31.6 Å². The second kappa shape index (κ2) is 8.60. The van der Waals surface area contributed by atoms with Gasteiger partial charge in [0.25, 0.3) is 0 Å². The molecule has 2 aliphatic rings. The van der Waals surface area contributed by atoms with Crippen molar-refractivity contribution in [3.63, 3.8) is 0 Å². The van der Waals surface area contributed by atoms with Gasteiger partial charge in [-0.1, -0.05) is 12.8 Å². The monoisotopic (exact) mass is 349 g/mol. The summed E-state index contributed by atoms with van der Waals surface area (Å²) in [5.41, 5.74) is 0.955. The summed E-state index contributed by atoms with van der Waals surface area (Å²) in [6.45, 7) is 2.28. The van der Waals surface area contributed by atoms with Gasteiger partial charge in [0.15, 0.2) is 0 Å². The molecule has 1 aromatic rings. The number of nitrogens with zero attached hydrogens (tertiary/aromatic N) is 2. The molecule has 0 bridgehead atoms. The van der Waals surface area contributed by atoms with Gasteiger partial charge >= 0.3 is 0 Å². The van der Waals surface area contributed by atoms with E-state index in [0.29, 0.717) is 31.7 Å². The maximum Gasteiger partial charge on any atom is 0.222 e. The highest BCUT2D eigenvalue weighted by Crippen LogP contribution is 2.41. The molecule has 2 fully saturated rings. The fourth-order valence-electron chi connectivity index (χ4n) is 3.08.